The summed E-state index contributed by atoms with van der Waals surface area (Å²) in [5.74, 6) is 0.446. The highest BCUT2D eigenvalue weighted by atomic mass is 35.5. The standard InChI is InChI=1S/C21H16Cl3NO/c1-14-5-2-3-8-20(14)25-12-16-10-18(23)21(19(24)11-16)26-13-15-6-4-7-17(22)9-15/h2-12H,13H2,1H3. The van der Waals surface area contributed by atoms with Crippen molar-refractivity contribution in [3.63, 3.8) is 0 Å². The monoisotopic (exact) mass is 403 g/mol. The van der Waals surface area contributed by atoms with Crippen molar-refractivity contribution in [2.75, 3.05) is 0 Å². The van der Waals surface area contributed by atoms with E-state index in [-0.39, 0.29) is 0 Å². The van der Waals surface area contributed by atoms with Gasteiger partial charge in [0.2, 0.25) is 0 Å². The minimum atomic E-state index is 0.330. The third-order valence-corrected chi connectivity index (χ3v) is 4.56. The second kappa shape index (κ2) is 8.59. The summed E-state index contributed by atoms with van der Waals surface area (Å²) in [6.07, 6.45) is 1.74. The molecule has 0 aromatic heterocycles. The molecular weight excluding hydrogens is 389 g/mol. The molecule has 0 aliphatic rings. The van der Waals surface area contributed by atoms with Crippen molar-refractivity contribution in [3.8, 4) is 5.75 Å². The van der Waals surface area contributed by atoms with Crippen molar-refractivity contribution in [2.24, 2.45) is 4.99 Å². The first-order valence-corrected chi connectivity index (χ1v) is 9.12. The second-order valence-corrected chi connectivity index (χ2v) is 7.03. The maximum Gasteiger partial charge on any atom is 0.157 e. The Hall–Kier alpha value is -2.00. The third kappa shape index (κ3) is 4.79. The number of hydrogen-bond donors (Lipinski definition) is 0. The van der Waals surface area contributed by atoms with Gasteiger partial charge in [-0.1, -0.05) is 65.1 Å². The number of rotatable bonds is 5. The molecule has 3 aromatic rings. The van der Waals surface area contributed by atoms with Gasteiger partial charge in [0.1, 0.15) is 6.61 Å². The fraction of sp³-hybridized carbons (Fsp3) is 0.0952. The van der Waals surface area contributed by atoms with Gasteiger partial charge < -0.3 is 4.74 Å². The minimum Gasteiger partial charge on any atom is -0.486 e. The average Bonchev–Trinajstić information content (AvgIpc) is 2.60. The van der Waals surface area contributed by atoms with E-state index in [0.29, 0.717) is 27.4 Å². The molecule has 0 unspecified atom stereocenters. The van der Waals surface area contributed by atoms with Crippen molar-refractivity contribution < 1.29 is 4.74 Å². The van der Waals surface area contributed by atoms with Gasteiger partial charge in [0, 0.05) is 11.2 Å². The molecule has 0 heterocycles. The van der Waals surface area contributed by atoms with Crippen LogP contribution in [0.1, 0.15) is 16.7 Å². The topological polar surface area (TPSA) is 21.6 Å². The first-order valence-electron chi connectivity index (χ1n) is 7.99. The van der Waals surface area contributed by atoms with Crippen LogP contribution in [0.4, 0.5) is 5.69 Å². The maximum atomic E-state index is 6.35. The lowest BCUT2D eigenvalue weighted by Gasteiger charge is -2.11. The highest BCUT2D eigenvalue weighted by Gasteiger charge is 2.10. The minimum absolute atomic E-state index is 0.330. The van der Waals surface area contributed by atoms with Crippen molar-refractivity contribution in [2.45, 2.75) is 13.5 Å². The normalized spacial score (nSPS) is 11.1. The number of benzene rings is 3. The fourth-order valence-electron chi connectivity index (χ4n) is 2.43. The van der Waals surface area contributed by atoms with Crippen LogP contribution in [0.5, 0.6) is 5.75 Å². The zero-order chi connectivity index (χ0) is 18.5. The molecule has 132 valence electrons. The summed E-state index contributed by atoms with van der Waals surface area (Å²) >= 11 is 18.7. The van der Waals surface area contributed by atoms with E-state index in [1.807, 2.05) is 55.5 Å². The summed E-state index contributed by atoms with van der Waals surface area (Å²) in [6.45, 7) is 2.34. The molecule has 5 heteroatoms. The van der Waals surface area contributed by atoms with Crippen LogP contribution in [-0.4, -0.2) is 6.21 Å². The van der Waals surface area contributed by atoms with Crippen molar-refractivity contribution >= 4 is 46.7 Å². The van der Waals surface area contributed by atoms with Gasteiger partial charge in [0.25, 0.3) is 0 Å². The first kappa shape index (κ1) is 18.8. The van der Waals surface area contributed by atoms with E-state index in [9.17, 15) is 0 Å². The number of halogens is 3. The number of aliphatic imine (C=N–C) groups is 1. The SMILES string of the molecule is Cc1ccccc1N=Cc1cc(Cl)c(OCc2cccc(Cl)c2)c(Cl)c1. The summed E-state index contributed by atoms with van der Waals surface area (Å²) in [4.78, 5) is 4.49. The van der Waals surface area contributed by atoms with E-state index in [4.69, 9.17) is 39.5 Å². The smallest absolute Gasteiger partial charge is 0.157 e. The molecule has 0 atom stereocenters. The molecule has 0 bridgehead atoms. The lowest BCUT2D eigenvalue weighted by Crippen LogP contribution is -1.97. The van der Waals surface area contributed by atoms with Crippen molar-refractivity contribution in [1.29, 1.82) is 0 Å². The third-order valence-electron chi connectivity index (χ3n) is 3.76. The lowest BCUT2D eigenvalue weighted by atomic mass is 10.2. The Balaban J connectivity index is 1.77. The van der Waals surface area contributed by atoms with Crippen LogP contribution in [0.25, 0.3) is 0 Å². The number of nitrogens with zero attached hydrogens (tertiary/aromatic N) is 1. The molecule has 0 aliphatic carbocycles. The van der Waals surface area contributed by atoms with E-state index in [1.54, 1.807) is 18.3 Å². The highest BCUT2D eigenvalue weighted by molar-refractivity contribution is 6.37. The summed E-state index contributed by atoms with van der Waals surface area (Å²) in [6, 6.07) is 18.9. The number of ether oxygens (including phenoxy) is 1. The molecule has 3 rings (SSSR count). The highest BCUT2D eigenvalue weighted by Crippen LogP contribution is 2.34. The lowest BCUT2D eigenvalue weighted by molar-refractivity contribution is 0.306. The fourth-order valence-corrected chi connectivity index (χ4v) is 3.25. The Morgan fingerprint density at radius 2 is 1.65 bits per heavy atom. The molecule has 0 aliphatic heterocycles. The van der Waals surface area contributed by atoms with E-state index in [2.05, 4.69) is 4.99 Å². The number of aryl methyl sites for hydroxylation is 1. The summed E-state index contributed by atoms with van der Waals surface area (Å²) in [7, 11) is 0. The molecular formula is C21H16Cl3NO. The van der Waals surface area contributed by atoms with Gasteiger partial charge in [-0.3, -0.25) is 4.99 Å². The quantitative estimate of drug-likeness (QED) is 0.409. The van der Waals surface area contributed by atoms with Crippen LogP contribution in [0, 0.1) is 6.92 Å². The molecule has 0 spiro atoms. The average molecular weight is 405 g/mol. The van der Waals surface area contributed by atoms with Crippen LogP contribution >= 0.6 is 34.8 Å². The molecule has 26 heavy (non-hydrogen) atoms. The van der Waals surface area contributed by atoms with Gasteiger partial charge in [-0.2, -0.15) is 0 Å². The molecule has 0 saturated carbocycles. The molecule has 0 N–H and O–H groups in total. The summed E-state index contributed by atoms with van der Waals surface area (Å²) < 4.78 is 5.78. The predicted octanol–water partition coefficient (Wildman–Crippen LogP) is 7.28. The Bertz CT molecular complexity index is 930. The van der Waals surface area contributed by atoms with Crippen LogP contribution in [0.3, 0.4) is 0 Å². The predicted molar refractivity (Wildman–Crippen MR) is 111 cm³/mol. The Morgan fingerprint density at radius 3 is 2.35 bits per heavy atom. The molecule has 0 fully saturated rings. The van der Waals surface area contributed by atoms with E-state index >= 15 is 0 Å². The maximum absolute atomic E-state index is 6.35. The number of hydrogen-bond acceptors (Lipinski definition) is 2. The van der Waals surface area contributed by atoms with Gasteiger partial charge in [-0.15, -0.1) is 0 Å². The van der Waals surface area contributed by atoms with Crippen molar-refractivity contribution in [3.05, 3.63) is 92.4 Å². The van der Waals surface area contributed by atoms with E-state index < -0.39 is 0 Å². The molecule has 0 radical (unpaired) electrons. The van der Waals surface area contributed by atoms with Crippen molar-refractivity contribution in [1.82, 2.24) is 0 Å². The van der Waals surface area contributed by atoms with Gasteiger partial charge >= 0.3 is 0 Å². The first-order chi connectivity index (χ1) is 12.5. The summed E-state index contributed by atoms with van der Waals surface area (Å²) in [5, 5.41) is 1.53. The van der Waals surface area contributed by atoms with Gasteiger partial charge in [0.15, 0.2) is 5.75 Å². The molecule has 3 aromatic carbocycles. The molecule has 0 saturated heterocycles. The molecule has 0 amide bonds. The zero-order valence-electron chi connectivity index (χ0n) is 14.0. The second-order valence-electron chi connectivity index (χ2n) is 5.78. The zero-order valence-corrected chi connectivity index (χ0v) is 16.3. The Kier molecular flexibility index (Phi) is 6.20. The van der Waals surface area contributed by atoms with Crippen LogP contribution in [0.2, 0.25) is 15.1 Å². The molecule has 2 nitrogen and oxygen atoms in total. The Labute approximate surface area is 168 Å². The van der Waals surface area contributed by atoms with Gasteiger partial charge in [-0.05, 0) is 53.9 Å². The van der Waals surface area contributed by atoms with E-state index in [0.717, 1.165) is 22.4 Å². The van der Waals surface area contributed by atoms with Gasteiger partial charge in [0.05, 0.1) is 15.7 Å². The summed E-state index contributed by atoms with van der Waals surface area (Å²) in [5.41, 5.74) is 3.75. The van der Waals surface area contributed by atoms with Crippen LogP contribution in [-0.2, 0) is 6.61 Å². The van der Waals surface area contributed by atoms with Gasteiger partial charge in [-0.25, -0.2) is 0 Å². The van der Waals surface area contributed by atoms with E-state index in [1.165, 1.54) is 0 Å². The largest absolute Gasteiger partial charge is 0.486 e. The van der Waals surface area contributed by atoms with Crippen LogP contribution in [0.15, 0.2) is 65.7 Å². The van der Waals surface area contributed by atoms with Crippen LogP contribution < -0.4 is 4.74 Å². The number of para-hydroxylation sites is 1. The Morgan fingerprint density at radius 1 is 0.923 bits per heavy atom.